The van der Waals surface area contributed by atoms with Crippen LogP contribution < -0.4 is 11.1 Å². The SMILES string of the molecule is NC(CO)C(=O)c1ccc2c(c1)NC(=O)CS2. The number of rotatable bonds is 3. The topological polar surface area (TPSA) is 92.4 Å². The first kappa shape index (κ1) is 12.1. The van der Waals surface area contributed by atoms with Gasteiger partial charge >= 0.3 is 0 Å². The molecule has 1 amide bonds. The van der Waals surface area contributed by atoms with Crippen LogP contribution in [-0.2, 0) is 4.79 Å². The highest BCUT2D eigenvalue weighted by molar-refractivity contribution is 8.00. The summed E-state index contributed by atoms with van der Waals surface area (Å²) in [6, 6.07) is 4.11. The van der Waals surface area contributed by atoms with Gasteiger partial charge in [-0.2, -0.15) is 0 Å². The third-order valence-electron chi connectivity index (χ3n) is 2.43. The molecule has 1 unspecified atom stereocenters. The number of carbonyl (C=O) groups excluding carboxylic acids is 2. The van der Waals surface area contributed by atoms with E-state index in [1.165, 1.54) is 11.8 Å². The molecule has 90 valence electrons. The molecule has 1 aromatic rings. The summed E-state index contributed by atoms with van der Waals surface area (Å²) < 4.78 is 0. The first-order valence-electron chi connectivity index (χ1n) is 5.09. The van der Waals surface area contributed by atoms with Gasteiger partial charge in [-0.1, -0.05) is 6.07 Å². The maximum atomic E-state index is 11.7. The summed E-state index contributed by atoms with van der Waals surface area (Å²) in [5, 5.41) is 11.5. The second-order valence-electron chi connectivity index (χ2n) is 3.70. The number of aliphatic hydroxyl groups excluding tert-OH is 1. The van der Waals surface area contributed by atoms with Gasteiger partial charge in [0.1, 0.15) is 0 Å². The molecule has 4 N–H and O–H groups in total. The molecule has 0 aromatic heterocycles. The van der Waals surface area contributed by atoms with Crippen molar-refractivity contribution in [2.75, 3.05) is 17.7 Å². The molecule has 1 heterocycles. The molecule has 1 aliphatic heterocycles. The lowest BCUT2D eigenvalue weighted by atomic mass is 10.0. The standard InChI is InChI=1S/C11H12N2O3S/c12-7(4-14)11(16)6-1-2-9-8(3-6)13-10(15)5-17-9/h1-3,7,14H,4-5,12H2,(H,13,15). The summed E-state index contributed by atoms with van der Waals surface area (Å²) in [6.07, 6.45) is 0. The molecule has 6 heteroatoms. The molecule has 0 saturated carbocycles. The summed E-state index contributed by atoms with van der Waals surface area (Å²) in [4.78, 5) is 23.9. The van der Waals surface area contributed by atoms with Gasteiger partial charge in [-0.05, 0) is 12.1 Å². The number of ketones is 1. The molecular formula is C11H12N2O3S. The van der Waals surface area contributed by atoms with E-state index < -0.39 is 12.6 Å². The number of hydrogen-bond donors (Lipinski definition) is 3. The summed E-state index contributed by atoms with van der Waals surface area (Å²) in [5.74, 6) is -0.0325. The van der Waals surface area contributed by atoms with Crippen LogP contribution in [0.3, 0.4) is 0 Å². The van der Waals surface area contributed by atoms with Gasteiger partial charge in [0.2, 0.25) is 5.91 Å². The Bertz CT molecular complexity index is 476. The van der Waals surface area contributed by atoms with E-state index in [2.05, 4.69) is 5.32 Å². The van der Waals surface area contributed by atoms with Crippen LogP contribution in [0.1, 0.15) is 10.4 Å². The molecule has 1 aromatic carbocycles. The monoisotopic (exact) mass is 252 g/mol. The minimum Gasteiger partial charge on any atom is -0.394 e. The number of thioether (sulfide) groups is 1. The number of benzene rings is 1. The number of nitrogens with two attached hydrogens (primary N) is 1. The van der Waals surface area contributed by atoms with Crippen LogP contribution in [0.25, 0.3) is 0 Å². The van der Waals surface area contributed by atoms with Gasteiger partial charge in [-0.25, -0.2) is 0 Å². The average molecular weight is 252 g/mol. The van der Waals surface area contributed by atoms with Crippen molar-refractivity contribution < 1.29 is 14.7 Å². The molecule has 0 bridgehead atoms. The van der Waals surface area contributed by atoms with E-state index in [0.29, 0.717) is 17.0 Å². The largest absolute Gasteiger partial charge is 0.394 e. The number of amides is 1. The van der Waals surface area contributed by atoms with Gasteiger partial charge in [0.25, 0.3) is 0 Å². The maximum Gasteiger partial charge on any atom is 0.234 e. The van der Waals surface area contributed by atoms with Crippen LogP contribution in [-0.4, -0.2) is 35.2 Å². The number of fused-ring (bicyclic) bond motifs is 1. The Morgan fingerprint density at radius 2 is 2.35 bits per heavy atom. The number of anilines is 1. The van der Waals surface area contributed by atoms with Gasteiger partial charge in [-0.15, -0.1) is 11.8 Å². The highest BCUT2D eigenvalue weighted by Gasteiger charge is 2.19. The highest BCUT2D eigenvalue weighted by atomic mass is 32.2. The van der Waals surface area contributed by atoms with Crippen molar-refractivity contribution in [2.24, 2.45) is 5.73 Å². The summed E-state index contributed by atoms with van der Waals surface area (Å²) >= 11 is 1.43. The van der Waals surface area contributed by atoms with Crippen molar-refractivity contribution in [1.29, 1.82) is 0 Å². The van der Waals surface area contributed by atoms with E-state index in [0.717, 1.165) is 4.90 Å². The van der Waals surface area contributed by atoms with Gasteiger partial charge in [-0.3, -0.25) is 9.59 Å². The van der Waals surface area contributed by atoms with Crippen molar-refractivity contribution >= 4 is 29.1 Å². The predicted molar refractivity (Wildman–Crippen MR) is 65.2 cm³/mol. The fraction of sp³-hybridized carbons (Fsp3) is 0.273. The van der Waals surface area contributed by atoms with Crippen LogP contribution >= 0.6 is 11.8 Å². The molecule has 0 spiro atoms. The fourth-order valence-corrected chi connectivity index (χ4v) is 2.32. The van der Waals surface area contributed by atoms with E-state index >= 15 is 0 Å². The van der Waals surface area contributed by atoms with Gasteiger partial charge < -0.3 is 16.2 Å². The number of aliphatic hydroxyl groups is 1. The van der Waals surface area contributed by atoms with Crippen molar-refractivity contribution in [3.8, 4) is 0 Å². The summed E-state index contributed by atoms with van der Waals surface area (Å²) in [6.45, 7) is -0.392. The minimum absolute atomic E-state index is 0.0847. The molecule has 17 heavy (non-hydrogen) atoms. The lowest BCUT2D eigenvalue weighted by Crippen LogP contribution is -2.34. The first-order valence-corrected chi connectivity index (χ1v) is 6.07. The molecule has 1 aliphatic rings. The highest BCUT2D eigenvalue weighted by Crippen LogP contribution is 2.32. The summed E-state index contributed by atoms with van der Waals surface area (Å²) in [7, 11) is 0. The Balaban J connectivity index is 2.30. The van der Waals surface area contributed by atoms with Crippen LogP contribution in [0.15, 0.2) is 23.1 Å². The number of Topliss-reactive ketones (excluding diaryl/α,β-unsaturated/α-hetero) is 1. The minimum atomic E-state index is -0.917. The normalized spacial score (nSPS) is 16.0. The lowest BCUT2D eigenvalue weighted by molar-refractivity contribution is -0.113. The van der Waals surface area contributed by atoms with Crippen molar-refractivity contribution in [3.05, 3.63) is 23.8 Å². The van der Waals surface area contributed by atoms with Gasteiger partial charge in [0.05, 0.1) is 24.1 Å². The smallest absolute Gasteiger partial charge is 0.234 e. The zero-order valence-electron chi connectivity index (χ0n) is 8.97. The first-order chi connectivity index (χ1) is 8.11. The number of hydrogen-bond acceptors (Lipinski definition) is 5. The number of nitrogens with one attached hydrogen (secondary N) is 1. The Kier molecular flexibility index (Phi) is 3.46. The van der Waals surface area contributed by atoms with E-state index in [1.807, 2.05) is 0 Å². The van der Waals surface area contributed by atoms with E-state index in [-0.39, 0.29) is 11.7 Å². The van der Waals surface area contributed by atoms with Crippen molar-refractivity contribution in [2.45, 2.75) is 10.9 Å². The van der Waals surface area contributed by atoms with Crippen LogP contribution in [0.4, 0.5) is 5.69 Å². The van der Waals surface area contributed by atoms with Gasteiger partial charge in [0, 0.05) is 10.5 Å². The quantitative estimate of drug-likeness (QED) is 0.670. The Morgan fingerprint density at radius 3 is 3.06 bits per heavy atom. The molecule has 2 rings (SSSR count). The molecule has 0 radical (unpaired) electrons. The second kappa shape index (κ2) is 4.87. The lowest BCUT2D eigenvalue weighted by Gasteiger charge is -2.17. The Labute approximate surface area is 102 Å². The summed E-state index contributed by atoms with van der Waals surface area (Å²) in [5.41, 5.74) is 6.48. The van der Waals surface area contributed by atoms with Crippen LogP contribution in [0, 0.1) is 0 Å². The van der Waals surface area contributed by atoms with Crippen LogP contribution in [0.2, 0.25) is 0 Å². The maximum absolute atomic E-state index is 11.7. The Hall–Kier alpha value is -1.37. The molecular weight excluding hydrogens is 240 g/mol. The zero-order valence-corrected chi connectivity index (χ0v) is 9.79. The fourth-order valence-electron chi connectivity index (χ4n) is 1.53. The molecule has 0 aliphatic carbocycles. The number of carbonyl (C=O) groups is 2. The zero-order chi connectivity index (χ0) is 12.4. The second-order valence-corrected chi connectivity index (χ2v) is 4.72. The predicted octanol–water partition coefficient (Wildman–Crippen LogP) is 0.233. The van der Waals surface area contributed by atoms with E-state index in [9.17, 15) is 9.59 Å². The van der Waals surface area contributed by atoms with E-state index in [4.69, 9.17) is 10.8 Å². The van der Waals surface area contributed by atoms with Crippen molar-refractivity contribution in [1.82, 2.24) is 0 Å². The molecule has 1 atom stereocenters. The van der Waals surface area contributed by atoms with Crippen molar-refractivity contribution in [3.63, 3.8) is 0 Å². The van der Waals surface area contributed by atoms with E-state index in [1.54, 1.807) is 18.2 Å². The third-order valence-corrected chi connectivity index (χ3v) is 3.50. The molecule has 5 nitrogen and oxygen atoms in total. The van der Waals surface area contributed by atoms with Crippen LogP contribution in [0.5, 0.6) is 0 Å². The third kappa shape index (κ3) is 2.49. The average Bonchev–Trinajstić information content (AvgIpc) is 2.36. The molecule has 0 saturated heterocycles. The Morgan fingerprint density at radius 1 is 1.59 bits per heavy atom. The molecule has 0 fully saturated rings. The van der Waals surface area contributed by atoms with Gasteiger partial charge in [0.15, 0.2) is 5.78 Å².